The molecule has 17 nitrogen and oxygen atoms in total. The Morgan fingerprint density at radius 1 is 0.284 bits per heavy atom. The molecule has 0 saturated carbocycles. The highest BCUT2D eigenvalue weighted by atomic mass is 31.2. The number of ether oxygens (including phenoxy) is 4. The number of rotatable bonds is 82. The second-order valence-corrected chi connectivity index (χ2v) is 33.5. The summed E-state index contributed by atoms with van der Waals surface area (Å²) >= 11 is 0. The van der Waals surface area contributed by atoms with E-state index in [4.69, 9.17) is 37.0 Å². The van der Waals surface area contributed by atoms with Crippen LogP contribution in [0.4, 0.5) is 0 Å². The number of carbonyl (C=O) groups excluding carboxylic acids is 4. The third kappa shape index (κ3) is 74.9. The molecular formula is C83H162O17P2. The molecule has 606 valence electrons. The molecule has 0 aliphatic carbocycles. The van der Waals surface area contributed by atoms with Gasteiger partial charge in [-0.25, -0.2) is 9.13 Å². The zero-order chi connectivity index (χ0) is 74.9. The van der Waals surface area contributed by atoms with Gasteiger partial charge < -0.3 is 33.8 Å². The average molecular weight is 1490 g/mol. The number of esters is 4. The minimum absolute atomic E-state index is 0.107. The number of hydrogen-bond acceptors (Lipinski definition) is 15. The van der Waals surface area contributed by atoms with Crippen LogP contribution in [-0.4, -0.2) is 96.7 Å². The molecule has 0 radical (unpaired) electrons. The van der Waals surface area contributed by atoms with Crippen molar-refractivity contribution in [2.24, 2.45) is 11.8 Å². The molecule has 0 bridgehead atoms. The van der Waals surface area contributed by atoms with Gasteiger partial charge in [0.15, 0.2) is 12.2 Å². The van der Waals surface area contributed by atoms with Crippen molar-refractivity contribution in [3.8, 4) is 0 Å². The van der Waals surface area contributed by atoms with E-state index in [9.17, 15) is 43.2 Å². The van der Waals surface area contributed by atoms with Gasteiger partial charge in [-0.1, -0.05) is 388 Å². The molecule has 0 heterocycles. The van der Waals surface area contributed by atoms with Crippen molar-refractivity contribution >= 4 is 39.5 Å². The standard InChI is InChI=1S/C83H162O17P2/c1-7-10-12-14-16-18-34-43-49-55-61-67-82(87)99-78(71-93-80(85)65-59-53-47-41-19-17-15-13-11-8-2)73-97-101(89,90)95-69-77(84)70-96-102(91,92)98-74-79(72-94-81(86)66-60-54-48-42-37-32-28-25-24-26-30-35-39-45-51-57-63-75(4)5)100-83(88)68-62-56-50-44-38-33-29-23-21-20-22-27-31-36-40-46-52-58-64-76(6)9-3/h75-79,84H,7-74H2,1-6H3,(H,89,90)(H,91,92)/t76?,77-,78+,79+/m0/s1. The Labute approximate surface area is 626 Å². The smallest absolute Gasteiger partial charge is 0.462 e. The summed E-state index contributed by atoms with van der Waals surface area (Å²) in [5.41, 5.74) is 0. The Bertz CT molecular complexity index is 1960. The van der Waals surface area contributed by atoms with Gasteiger partial charge in [0.25, 0.3) is 0 Å². The van der Waals surface area contributed by atoms with Gasteiger partial charge in [0, 0.05) is 25.7 Å². The van der Waals surface area contributed by atoms with Crippen molar-refractivity contribution in [3.63, 3.8) is 0 Å². The lowest BCUT2D eigenvalue weighted by Crippen LogP contribution is -2.30. The van der Waals surface area contributed by atoms with Crippen LogP contribution in [0, 0.1) is 11.8 Å². The van der Waals surface area contributed by atoms with Gasteiger partial charge in [-0.2, -0.15) is 0 Å². The van der Waals surface area contributed by atoms with E-state index in [1.807, 2.05) is 0 Å². The zero-order valence-electron chi connectivity index (χ0n) is 66.9. The average Bonchev–Trinajstić information content (AvgIpc) is 0.909. The second-order valence-electron chi connectivity index (χ2n) is 30.6. The van der Waals surface area contributed by atoms with Crippen LogP contribution in [0.15, 0.2) is 0 Å². The highest BCUT2D eigenvalue weighted by molar-refractivity contribution is 7.47. The van der Waals surface area contributed by atoms with Crippen molar-refractivity contribution in [1.82, 2.24) is 0 Å². The van der Waals surface area contributed by atoms with Crippen molar-refractivity contribution in [2.45, 2.75) is 458 Å². The summed E-state index contributed by atoms with van der Waals surface area (Å²) in [4.78, 5) is 73.0. The van der Waals surface area contributed by atoms with E-state index < -0.39 is 97.5 Å². The predicted molar refractivity (Wildman–Crippen MR) is 418 cm³/mol. The summed E-state index contributed by atoms with van der Waals surface area (Å²) in [6.45, 7) is 9.73. The van der Waals surface area contributed by atoms with E-state index in [2.05, 4.69) is 41.5 Å². The highest BCUT2D eigenvalue weighted by Gasteiger charge is 2.30. The third-order valence-electron chi connectivity index (χ3n) is 19.8. The molecule has 0 aliphatic rings. The molecule has 0 rings (SSSR count). The number of carbonyl (C=O) groups is 4. The topological polar surface area (TPSA) is 237 Å². The summed E-state index contributed by atoms with van der Waals surface area (Å²) in [7, 11) is -9.92. The van der Waals surface area contributed by atoms with Crippen LogP contribution in [0.2, 0.25) is 0 Å². The summed E-state index contributed by atoms with van der Waals surface area (Å²) in [5.74, 6) is -0.423. The molecule has 102 heavy (non-hydrogen) atoms. The van der Waals surface area contributed by atoms with Crippen LogP contribution < -0.4 is 0 Å². The van der Waals surface area contributed by atoms with Gasteiger partial charge >= 0.3 is 39.5 Å². The Kier molecular flexibility index (Phi) is 73.1. The summed E-state index contributed by atoms with van der Waals surface area (Å²) < 4.78 is 68.7. The Morgan fingerprint density at radius 3 is 0.745 bits per heavy atom. The first-order valence-electron chi connectivity index (χ1n) is 43.0. The monoisotopic (exact) mass is 1490 g/mol. The molecule has 0 aliphatic heterocycles. The Balaban J connectivity index is 5.19. The van der Waals surface area contributed by atoms with Crippen LogP contribution >= 0.6 is 15.6 Å². The zero-order valence-corrected chi connectivity index (χ0v) is 68.7. The van der Waals surface area contributed by atoms with Crippen LogP contribution in [0.1, 0.15) is 440 Å². The molecule has 0 aromatic rings. The fraction of sp³-hybridized carbons (Fsp3) is 0.952. The minimum atomic E-state index is -4.96. The lowest BCUT2D eigenvalue weighted by molar-refractivity contribution is -0.161. The van der Waals surface area contributed by atoms with Crippen molar-refractivity contribution in [1.29, 1.82) is 0 Å². The van der Waals surface area contributed by atoms with Gasteiger partial charge in [0.1, 0.15) is 19.3 Å². The van der Waals surface area contributed by atoms with Crippen molar-refractivity contribution in [3.05, 3.63) is 0 Å². The van der Waals surface area contributed by atoms with Gasteiger partial charge in [-0.05, 0) is 37.5 Å². The molecule has 6 atom stereocenters. The van der Waals surface area contributed by atoms with Crippen molar-refractivity contribution < 1.29 is 80.2 Å². The van der Waals surface area contributed by atoms with Gasteiger partial charge in [0.2, 0.25) is 0 Å². The van der Waals surface area contributed by atoms with Crippen LogP contribution in [-0.2, 0) is 65.4 Å². The van der Waals surface area contributed by atoms with E-state index in [1.54, 1.807) is 0 Å². The van der Waals surface area contributed by atoms with Crippen LogP contribution in [0.5, 0.6) is 0 Å². The number of phosphoric ester groups is 2. The maximum Gasteiger partial charge on any atom is 0.472 e. The normalized spacial score (nSPS) is 14.1. The lowest BCUT2D eigenvalue weighted by atomic mass is 9.99. The Hall–Kier alpha value is -1.94. The van der Waals surface area contributed by atoms with Gasteiger partial charge in [-0.3, -0.25) is 37.3 Å². The van der Waals surface area contributed by atoms with E-state index in [0.717, 1.165) is 102 Å². The van der Waals surface area contributed by atoms with E-state index in [1.165, 1.54) is 257 Å². The van der Waals surface area contributed by atoms with Gasteiger partial charge in [0.05, 0.1) is 26.4 Å². The van der Waals surface area contributed by atoms with Crippen LogP contribution in [0.25, 0.3) is 0 Å². The van der Waals surface area contributed by atoms with Crippen LogP contribution in [0.3, 0.4) is 0 Å². The second kappa shape index (κ2) is 74.5. The quantitative estimate of drug-likeness (QED) is 0.0222. The highest BCUT2D eigenvalue weighted by Crippen LogP contribution is 2.45. The third-order valence-corrected chi connectivity index (χ3v) is 21.7. The molecule has 0 saturated heterocycles. The molecule has 19 heteroatoms. The molecule has 3 N–H and O–H groups in total. The maximum atomic E-state index is 13.1. The predicted octanol–water partition coefficient (Wildman–Crippen LogP) is 25.1. The summed E-state index contributed by atoms with van der Waals surface area (Å²) in [6, 6.07) is 0. The number of hydrogen-bond donors (Lipinski definition) is 3. The van der Waals surface area contributed by atoms with E-state index in [0.29, 0.717) is 25.7 Å². The number of aliphatic hydroxyl groups is 1. The molecule has 3 unspecified atom stereocenters. The van der Waals surface area contributed by atoms with Crippen molar-refractivity contribution in [2.75, 3.05) is 39.6 Å². The largest absolute Gasteiger partial charge is 0.472 e. The first kappa shape index (κ1) is 100. The first-order chi connectivity index (χ1) is 49.4. The SMILES string of the molecule is CCCCCCCCCCCCCC(=O)O[C@H](COC(=O)CCCCCCCCCCCC)COP(=O)(O)OC[C@H](O)COP(=O)(O)OC[C@@H](COC(=O)CCCCCCCCCCCCCCCCCCC(C)C)OC(=O)CCCCCCCCCCCCCCCCCCCCC(C)CC. The molecule has 0 aromatic carbocycles. The number of aliphatic hydroxyl groups excluding tert-OH is 1. The Morgan fingerprint density at radius 2 is 0.500 bits per heavy atom. The molecule has 0 spiro atoms. The van der Waals surface area contributed by atoms with E-state index in [-0.39, 0.29) is 25.7 Å². The first-order valence-corrected chi connectivity index (χ1v) is 46.0. The maximum absolute atomic E-state index is 13.1. The molecule has 0 aromatic heterocycles. The number of phosphoric acid groups is 2. The van der Waals surface area contributed by atoms with E-state index >= 15 is 0 Å². The fourth-order valence-corrected chi connectivity index (χ4v) is 14.4. The summed E-state index contributed by atoms with van der Waals surface area (Å²) in [5, 5.41) is 10.6. The lowest BCUT2D eigenvalue weighted by Gasteiger charge is -2.21. The molecule has 0 fully saturated rings. The fourth-order valence-electron chi connectivity index (χ4n) is 12.9. The number of unbranched alkanes of at least 4 members (excludes halogenated alkanes) is 51. The molecule has 0 amide bonds. The molecular weight excluding hydrogens is 1330 g/mol. The minimum Gasteiger partial charge on any atom is -0.462 e. The summed E-state index contributed by atoms with van der Waals surface area (Å²) in [6.07, 6.45) is 65.2. The van der Waals surface area contributed by atoms with Gasteiger partial charge in [-0.15, -0.1) is 0 Å².